The zero-order valence-electron chi connectivity index (χ0n) is 13.1. The molecule has 0 radical (unpaired) electrons. The average molecular weight is 295 g/mol. The summed E-state index contributed by atoms with van der Waals surface area (Å²) in [5, 5.41) is 10.8. The van der Waals surface area contributed by atoms with E-state index in [9.17, 15) is 5.11 Å². The highest BCUT2D eigenvalue weighted by molar-refractivity contribution is 5.21. The van der Waals surface area contributed by atoms with Crippen LogP contribution in [0.15, 0.2) is 60.7 Å². The molecule has 3 rings (SSSR count). The van der Waals surface area contributed by atoms with Crippen LogP contribution < -0.4 is 0 Å². The summed E-state index contributed by atoms with van der Waals surface area (Å²) in [6.45, 7) is 2.20. The van der Waals surface area contributed by atoms with Crippen LogP contribution in [0.3, 0.4) is 0 Å². The molecule has 1 N–H and O–H groups in total. The van der Waals surface area contributed by atoms with E-state index >= 15 is 0 Å². The quantitative estimate of drug-likeness (QED) is 0.876. The molecule has 0 saturated carbocycles. The highest BCUT2D eigenvalue weighted by Gasteiger charge is 2.29. The zero-order chi connectivity index (χ0) is 15.2. The molecule has 2 heteroatoms. The van der Waals surface area contributed by atoms with Crippen molar-refractivity contribution in [2.75, 3.05) is 13.1 Å². The maximum Gasteiger partial charge on any atom is 0.0740 e. The standard InChI is InChI=1S/C20H25NO/c22-19(14-13-17-9-3-1-4-10-17)20(21-15-7-8-16-21)18-11-5-2-6-12-18/h1-6,9-12,19-20,22H,7-8,13-16H2. The fraction of sp³-hybridized carbons (Fsp3) is 0.400. The first kappa shape index (κ1) is 15.3. The maximum absolute atomic E-state index is 10.8. The van der Waals surface area contributed by atoms with Crippen molar-refractivity contribution in [3.05, 3.63) is 71.8 Å². The molecule has 2 atom stereocenters. The molecule has 0 aromatic heterocycles. The molecule has 2 unspecified atom stereocenters. The first-order valence-electron chi connectivity index (χ1n) is 8.35. The van der Waals surface area contributed by atoms with Gasteiger partial charge in [0.1, 0.15) is 0 Å². The zero-order valence-corrected chi connectivity index (χ0v) is 13.1. The van der Waals surface area contributed by atoms with E-state index in [1.807, 2.05) is 12.1 Å². The Morgan fingerprint density at radius 2 is 1.45 bits per heavy atom. The minimum absolute atomic E-state index is 0.132. The van der Waals surface area contributed by atoms with E-state index in [0.29, 0.717) is 0 Å². The van der Waals surface area contributed by atoms with Crippen molar-refractivity contribution in [3.63, 3.8) is 0 Å². The van der Waals surface area contributed by atoms with Crippen LogP contribution in [0, 0.1) is 0 Å². The number of nitrogens with zero attached hydrogens (tertiary/aromatic N) is 1. The van der Waals surface area contributed by atoms with Crippen LogP contribution in [0.4, 0.5) is 0 Å². The Labute approximate surface area is 133 Å². The average Bonchev–Trinajstić information content (AvgIpc) is 3.09. The molecule has 1 heterocycles. The van der Waals surface area contributed by atoms with Crippen LogP contribution in [0.25, 0.3) is 0 Å². The number of hydrogen-bond donors (Lipinski definition) is 1. The predicted molar refractivity (Wildman–Crippen MR) is 90.8 cm³/mol. The maximum atomic E-state index is 10.8. The number of rotatable bonds is 6. The second-order valence-electron chi connectivity index (χ2n) is 6.19. The molecule has 2 aromatic rings. The summed E-state index contributed by atoms with van der Waals surface area (Å²) in [4.78, 5) is 2.45. The van der Waals surface area contributed by atoms with Crippen molar-refractivity contribution in [1.82, 2.24) is 4.90 Å². The third-order valence-electron chi connectivity index (χ3n) is 4.61. The van der Waals surface area contributed by atoms with E-state index in [1.165, 1.54) is 24.0 Å². The lowest BCUT2D eigenvalue weighted by Gasteiger charge is -2.32. The van der Waals surface area contributed by atoms with Crippen molar-refractivity contribution < 1.29 is 5.11 Å². The fourth-order valence-electron chi connectivity index (χ4n) is 3.46. The number of hydrogen-bond acceptors (Lipinski definition) is 2. The number of aryl methyl sites for hydroxylation is 1. The van der Waals surface area contributed by atoms with Gasteiger partial charge in [0.25, 0.3) is 0 Å². The van der Waals surface area contributed by atoms with Crippen molar-refractivity contribution in [1.29, 1.82) is 0 Å². The Hall–Kier alpha value is -1.64. The van der Waals surface area contributed by atoms with E-state index in [-0.39, 0.29) is 12.1 Å². The van der Waals surface area contributed by atoms with Crippen molar-refractivity contribution in [2.45, 2.75) is 37.8 Å². The molecule has 0 amide bonds. The molecule has 1 aliphatic heterocycles. The minimum Gasteiger partial charge on any atom is -0.391 e. The number of benzene rings is 2. The van der Waals surface area contributed by atoms with Crippen LogP contribution in [0.5, 0.6) is 0 Å². The Morgan fingerprint density at radius 1 is 0.864 bits per heavy atom. The second-order valence-corrected chi connectivity index (χ2v) is 6.19. The van der Waals surface area contributed by atoms with Crippen LogP contribution >= 0.6 is 0 Å². The summed E-state index contributed by atoms with van der Waals surface area (Å²) in [5.41, 5.74) is 2.54. The number of aliphatic hydroxyl groups excluding tert-OH is 1. The Kier molecular flexibility index (Phi) is 5.25. The van der Waals surface area contributed by atoms with Gasteiger partial charge in [-0.1, -0.05) is 60.7 Å². The van der Waals surface area contributed by atoms with Gasteiger partial charge in [-0.3, -0.25) is 4.90 Å². The lowest BCUT2D eigenvalue weighted by atomic mass is 9.95. The molecular formula is C20H25NO. The molecule has 2 nitrogen and oxygen atoms in total. The predicted octanol–water partition coefficient (Wildman–Crippen LogP) is 3.82. The fourth-order valence-corrected chi connectivity index (χ4v) is 3.46. The largest absolute Gasteiger partial charge is 0.391 e. The van der Waals surface area contributed by atoms with Gasteiger partial charge in [-0.05, 0) is 49.9 Å². The molecule has 0 spiro atoms. The Morgan fingerprint density at radius 3 is 2.09 bits per heavy atom. The second kappa shape index (κ2) is 7.57. The van der Waals surface area contributed by atoms with Gasteiger partial charge in [0.2, 0.25) is 0 Å². The lowest BCUT2D eigenvalue weighted by Crippen LogP contribution is -2.35. The summed E-state index contributed by atoms with van der Waals surface area (Å²) in [6.07, 6.45) is 3.91. The molecule has 1 saturated heterocycles. The highest BCUT2D eigenvalue weighted by atomic mass is 16.3. The SMILES string of the molecule is OC(CCc1ccccc1)C(c1ccccc1)N1CCCC1. The Balaban J connectivity index is 1.71. The van der Waals surface area contributed by atoms with Gasteiger partial charge in [-0.15, -0.1) is 0 Å². The first-order chi connectivity index (χ1) is 10.8. The molecule has 116 valence electrons. The first-order valence-corrected chi connectivity index (χ1v) is 8.35. The van der Waals surface area contributed by atoms with Crippen molar-refractivity contribution in [2.24, 2.45) is 0 Å². The van der Waals surface area contributed by atoms with Gasteiger partial charge in [0.15, 0.2) is 0 Å². The van der Waals surface area contributed by atoms with Gasteiger partial charge in [0, 0.05) is 0 Å². The smallest absolute Gasteiger partial charge is 0.0740 e. The van der Waals surface area contributed by atoms with Gasteiger partial charge >= 0.3 is 0 Å². The Bertz CT molecular complexity index is 548. The molecule has 0 bridgehead atoms. The van der Waals surface area contributed by atoms with Crippen molar-refractivity contribution in [3.8, 4) is 0 Å². The van der Waals surface area contributed by atoms with E-state index in [4.69, 9.17) is 0 Å². The van der Waals surface area contributed by atoms with Gasteiger partial charge in [-0.25, -0.2) is 0 Å². The lowest BCUT2D eigenvalue weighted by molar-refractivity contribution is 0.0553. The van der Waals surface area contributed by atoms with Gasteiger partial charge < -0.3 is 5.11 Å². The molecular weight excluding hydrogens is 270 g/mol. The minimum atomic E-state index is -0.319. The van der Waals surface area contributed by atoms with Crippen LogP contribution in [-0.2, 0) is 6.42 Å². The van der Waals surface area contributed by atoms with Crippen molar-refractivity contribution >= 4 is 0 Å². The number of aliphatic hydroxyl groups is 1. The van der Waals surface area contributed by atoms with Crippen LogP contribution in [-0.4, -0.2) is 29.2 Å². The molecule has 0 aliphatic carbocycles. The normalized spacial score (nSPS) is 18.2. The van der Waals surface area contributed by atoms with Gasteiger partial charge in [-0.2, -0.15) is 0 Å². The van der Waals surface area contributed by atoms with E-state index in [1.54, 1.807) is 0 Å². The molecule has 2 aromatic carbocycles. The summed E-state index contributed by atoms with van der Waals surface area (Å²) >= 11 is 0. The third-order valence-corrected chi connectivity index (χ3v) is 4.61. The van der Waals surface area contributed by atoms with E-state index in [0.717, 1.165) is 25.9 Å². The summed E-state index contributed by atoms with van der Waals surface area (Å²) < 4.78 is 0. The molecule has 22 heavy (non-hydrogen) atoms. The summed E-state index contributed by atoms with van der Waals surface area (Å²) in [6, 6.07) is 21.1. The molecule has 1 fully saturated rings. The number of likely N-dealkylation sites (tertiary alicyclic amines) is 1. The third kappa shape index (κ3) is 3.76. The topological polar surface area (TPSA) is 23.5 Å². The van der Waals surface area contributed by atoms with E-state index < -0.39 is 0 Å². The summed E-state index contributed by atoms with van der Waals surface area (Å²) in [7, 11) is 0. The molecule has 1 aliphatic rings. The monoisotopic (exact) mass is 295 g/mol. The van der Waals surface area contributed by atoms with Crippen LogP contribution in [0.2, 0.25) is 0 Å². The van der Waals surface area contributed by atoms with Gasteiger partial charge in [0.05, 0.1) is 12.1 Å². The highest BCUT2D eigenvalue weighted by Crippen LogP contribution is 2.30. The summed E-state index contributed by atoms with van der Waals surface area (Å²) in [5.74, 6) is 0. The van der Waals surface area contributed by atoms with E-state index in [2.05, 4.69) is 53.4 Å². The van der Waals surface area contributed by atoms with Crippen LogP contribution in [0.1, 0.15) is 36.4 Å².